The van der Waals surface area contributed by atoms with Gasteiger partial charge in [0.2, 0.25) is 0 Å². The van der Waals surface area contributed by atoms with Crippen molar-refractivity contribution in [3.63, 3.8) is 0 Å². The van der Waals surface area contributed by atoms with Crippen molar-refractivity contribution in [2.24, 2.45) is 0 Å². The second-order valence-electron chi connectivity index (χ2n) is 21.5. The van der Waals surface area contributed by atoms with Gasteiger partial charge < -0.3 is 0 Å². The number of allylic oxidation sites excluding steroid dienone is 4. The van der Waals surface area contributed by atoms with E-state index in [2.05, 4.69) is 180 Å². The number of hydrogen-bond donors (Lipinski definition) is 0. The van der Waals surface area contributed by atoms with Crippen LogP contribution in [0.15, 0.2) is 113 Å². The molecule has 0 radical (unpaired) electrons. The van der Waals surface area contributed by atoms with Gasteiger partial charge in [0.05, 0.1) is 0 Å². The second-order valence-corrected chi connectivity index (χ2v) is 34.9. The quantitative estimate of drug-likeness (QED) is 0.165. The molecule has 0 spiro atoms. The molecule has 0 bridgehead atoms. The molecule has 0 fully saturated rings. The van der Waals surface area contributed by atoms with Gasteiger partial charge in [-0.05, 0) is 0 Å². The van der Waals surface area contributed by atoms with Crippen molar-refractivity contribution in [1.82, 2.24) is 0 Å². The summed E-state index contributed by atoms with van der Waals surface area (Å²) in [6.07, 6.45) is 8.79. The summed E-state index contributed by atoms with van der Waals surface area (Å²) in [5.74, 6) is 0. The van der Waals surface area contributed by atoms with Crippen molar-refractivity contribution in [2.75, 3.05) is 0 Å². The van der Waals surface area contributed by atoms with Gasteiger partial charge in [-0.1, -0.05) is 0 Å². The summed E-state index contributed by atoms with van der Waals surface area (Å²) in [5.41, 5.74) is 10.9. The molecule has 0 heterocycles. The van der Waals surface area contributed by atoms with Gasteiger partial charge in [0, 0.05) is 0 Å². The van der Waals surface area contributed by atoms with E-state index in [1.165, 1.54) is 68.4 Å². The second kappa shape index (κ2) is 15.5. The van der Waals surface area contributed by atoms with Crippen molar-refractivity contribution in [2.45, 2.75) is 118 Å². The molecule has 0 saturated heterocycles. The molecule has 0 unspecified atom stereocenters. The Morgan fingerprint density at radius 3 is 1.43 bits per heavy atom. The first-order valence-electron chi connectivity index (χ1n) is 21.1. The number of benzene rings is 6. The van der Waals surface area contributed by atoms with E-state index in [0.29, 0.717) is 0 Å². The third kappa shape index (κ3) is 7.01. The van der Waals surface area contributed by atoms with Gasteiger partial charge in [0.15, 0.2) is 0 Å². The van der Waals surface area contributed by atoms with E-state index < -0.39 is 18.3 Å². The van der Waals surface area contributed by atoms with Gasteiger partial charge in [0.1, 0.15) is 0 Å². The van der Waals surface area contributed by atoms with E-state index in [1.807, 2.05) is 12.1 Å². The van der Waals surface area contributed by atoms with Crippen LogP contribution in [-0.2, 0) is 46.4 Å². The van der Waals surface area contributed by atoms with Gasteiger partial charge in [-0.3, -0.25) is 0 Å². The fourth-order valence-electron chi connectivity index (χ4n) is 10.9. The molecule has 5 heteroatoms. The Labute approximate surface area is 383 Å². The van der Waals surface area contributed by atoms with E-state index in [9.17, 15) is 0 Å². The molecular formula is C55H62Cl4Zr. The number of rotatable bonds is 4. The average Bonchev–Trinajstić information content (AvgIpc) is 3.81. The number of hydrogen-bond acceptors (Lipinski definition) is 0. The molecule has 0 nitrogen and oxygen atoms in total. The Morgan fingerprint density at radius 1 is 0.533 bits per heavy atom. The summed E-state index contributed by atoms with van der Waals surface area (Å²) in [5, 5.41) is 6.07. The first-order chi connectivity index (χ1) is 27.0. The molecule has 2 aliphatic rings. The van der Waals surface area contributed by atoms with Crippen molar-refractivity contribution >= 4 is 83.6 Å². The Hall–Kier alpha value is -2.77. The van der Waals surface area contributed by atoms with Crippen LogP contribution in [-0.4, -0.2) is 4.21 Å². The first kappa shape index (κ1) is 46.7. The molecule has 2 aliphatic carbocycles. The molecule has 60 heavy (non-hydrogen) atoms. The molecule has 0 amide bonds. The summed E-state index contributed by atoms with van der Waals surface area (Å²) in [4.78, 5) is 0. The zero-order valence-corrected chi connectivity index (χ0v) is 43.2. The van der Waals surface area contributed by atoms with Gasteiger partial charge >= 0.3 is 362 Å². The third-order valence-electron chi connectivity index (χ3n) is 13.5. The van der Waals surface area contributed by atoms with E-state index in [1.54, 1.807) is 0 Å². The molecule has 8 rings (SSSR count). The minimum absolute atomic E-state index is 0. The predicted octanol–water partition coefficient (Wildman–Crippen LogP) is 15.1. The van der Waals surface area contributed by atoms with Crippen LogP contribution in [0, 0.1) is 0 Å². The van der Waals surface area contributed by atoms with Crippen molar-refractivity contribution in [3.8, 4) is 11.1 Å². The normalized spacial score (nSPS) is 14.5. The molecule has 0 aromatic heterocycles. The summed E-state index contributed by atoms with van der Waals surface area (Å²) < 4.78 is 11.7. The van der Waals surface area contributed by atoms with Crippen LogP contribution in [0.1, 0.15) is 123 Å². The first-order valence-corrected chi connectivity index (χ1v) is 28.5. The molecule has 0 N–H and O–H groups in total. The van der Waals surface area contributed by atoms with Crippen LogP contribution in [0.2, 0.25) is 10.0 Å². The molecule has 0 saturated carbocycles. The fourth-order valence-corrected chi connectivity index (χ4v) is 29.5. The average molecular weight is 956 g/mol. The van der Waals surface area contributed by atoms with Gasteiger partial charge in [-0.15, -0.1) is 24.8 Å². The predicted molar refractivity (Wildman–Crippen MR) is 270 cm³/mol. The van der Waals surface area contributed by atoms with Crippen LogP contribution in [0.4, 0.5) is 0 Å². The summed E-state index contributed by atoms with van der Waals surface area (Å²) in [7, 11) is 0. The van der Waals surface area contributed by atoms with Crippen LogP contribution >= 0.6 is 48.0 Å². The van der Waals surface area contributed by atoms with E-state index in [4.69, 9.17) is 27.4 Å². The van der Waals surface area contributed by atoms with Crippen molar-refractivity contribution in [3.05, 3.63) is 156 Å². The Morgan fingerprint density at radius 2 is 0.983 bits per heavy atom. The zero-order chi connectivity index (χ0) is 42.0. The monoisotopic (exact) mass is 952 g/mol. The maximum absolute atomic E-state index is 7.20. The minimum atomic E-state index is -5.58. The molecule has 0 atom stereocenters. The molecule has 0 aliphatic heterocycles. The SMILES string of the molecule is Cl.Cl.[CH2]=[Zr]([C]1=CC=CC1)([c]1c2c(cc(C(C)(C)C)c1C(C)(C)C)-c1cc(C(C)(C)C)c(C(C)(C)C)cc1C2)([c]1cccc2c(Cl)cccc12)[c]1cccc2c(Cl)cccc12. The molecule has 314 valence electrons. The van der Waals surface area contributed by atoms with E-state index in [0.717, 1.165) is 33.7 Å². The van der Waals surface area contributed by atoms with Crippen molar-refractivity contribution in [1.29, 1.82) is 0 Å². The van der Waals surface area contributed by atoms with Crippen LogP contribution in [0.5, 0.6) is 0 Å². The third-order valence-corrected chi connectivity index (χ3v) is 30.6. The Bertz CT molecular complexity index is 2750. The van der Waals surface area contributed by atoms with Crippen LogP contribution < -0.4 is 9.81 Å². The summed E-state index contributed by atoms with van der Waals surface area (Å²) >= 11 is 8.81. The topological polar surface area (TPSA) is 0 Å². The zero-order valence-electron chi connectivity index (χ0n) is 37.6. The van der Waals surface area contributed by atoms with Gasteiger partial charge in [-0.25, -0.2) is 0 Å². The van der Waals surface area contributed by atoms with E-state index >= 15 is 0 Å². The Kier molecular flexibility index (Phi) is 12.1. The molecule has 6 aromatic rings. The molecule has 6 aromatic carbocycles. The number of fused-ring (bicyclic) bond motifs is 5. The van der Waals surface area contributed by atoms with Gasteiger partial charge in [-0.2, -0.15) is 0 Å². The van der Waals surface area contributed by atoms with Crippen molar-refractivity contribution < 1.29 is 18.3 Å². The number of halogens is 4. The summed E-state index contributed by atoms with van der Waals surface area (Å²) in [6, 6.07) is 34.4. The fraction of sp³-hybridized carbons (Fsp3) is 0.327. The molecular weight excluding hydrogens is 894 g/mol. The van der Waals surface area contributed by atoms with Gasteiger partial charge in [0.25, 0.3) is 0 Å². The van der Waals surface area contributed by atoms with Crippen LogP contribution in [0.3, 0.4) is 0 Å². The van der Waals surface area contributed by atoms with Crippen LogP contribution in [0.25, 0.3) is 32.7 Å². The summed E-state index contributed by atoms with van der Waals surface area (Å²) in [6.45, 7) is 28.8. The Balaban J connectivity index is 0.00000302. The van der Waals surface area contributed by atoms with E-state index in [-0.39, 0.29) is 46.5 Å². The standard InChI is InChI=1S/C29H41.2C10H6Cl.C5H5.CH2.2ClH.Zr/c1-26(2,3)22-14-18-13-19-15-23(27(4,5)6)25(29(10,11)12)17-21(19)20(18)16-24(22)28(7,8)9;2*11-10-7-3-5-8-4-1-2-6-9(8)10;1-2-4-5-3-1;;;;/h14,16-17H,13H2,1-12H3;2*1-3,5-7H;1-3H,4H2;1H2;2*1H;. The maximum atomic E-state index is 7.20.